The van der Waals surface area contributed by atoms with Crippen LogP contribution in [0.1, 0.15) is 163 Å². The number of carbonyl (C=O) groups excluding carboxylic acids is 2. The molecular weight excluding hydrogens is 564 g/mol. The number of hydrogen-bond acceptors (Lipinski definition) is 6. The molecule has 0 aromatic rings. The molecule has 0 N–H and O–H groups in total. The van der Waals surface area contributed by atoms with Crippen molar-refractivity contribution < 1.29 is 28.5 Å². The molecule has 5 rings (SSSR count). The van der Waals surface area contributed by atoms with Gasteiger partial charge in [0.2, 0.25) is 0 Å². The summed E-state index contributed by atoms with van der Waals surface area (Å²) >= 11 is 0. The fraction of sp³-hybridized carbons (Fsp3) is 0.949. The molecule has 0 bridgehead atoms. The molecule has 45 heavy (non-hydrogen) atoms. The third-order valence-electron chi connectivity index (χ3n) is 14.0. The van der Waals surface area contributed by atoms with Crippen molar-refractivity contribution in [2.75, 3.05) is 7.11 Å². The maximum atomic E-state index is 12.8. The van der Waals surface area contributed by atoms with E-state index in [1.54, 1.807) is 0 Å². The Balaban J connectivity index is 0.975. The van der Waals surface area contributed by atoms with Crippen molar-refractivity contribution in [1.29, 1.82) is 0 Å². The first-order valence-electron chi connectivity index (χ1n) is 19.2. The molecule has 5 aliphatic carbocycles. The second-order valence-electron chi connectivity index (χ2n) is 17.0. The number of rotatable bonds is 9. The minimum atomic E-state index is -0.445. The van der Waals surface area contributed by atoms with Crippen LogP contribution in [-0.4, -0.2) is 43.7 Å². The van der Waals surface area contributed by atoms with Crippen LogP contribution in [0.2, 0.25) is 0 Å². The van der Waals surface area contributed by atoms with E-state index in [0.717, 1.165) is 95.8 Å². The topological polar surface area (TPSA) is 71.1 Å². The van der Waals surface area contributed by atoms with E-state index in [1.165, 1.54) is 44.9 Å². The Bertz CT molecular complexity index is 921. The van der Waals surface area contributed by atoms with Crippen molar-refractivity contribution in [1.82, 2.24) is 0 Å². The van der Waals surface area contributed by atoms with Crippen LogP contribution >= 0.6 is 0 Å². The molecule has 0 aromatic carbocycles. The first kappa shape index (κ1) is 35.0. The lowest BCUT2D eigenvalue weighted by atomic mass is 9.60. The predicted octanol–water partition coefficient (Wildman–Crippen LogP) is 10.2. The second kappa shape index (κ2) is 15.7. The zero-order chi connectivity index (χ0) is 32.0. The lowest BCUT2D eigenvalue weighted by Gasteiger charge is -2.46. The zero-order valence-corrected chi connectivity index (χ0v) is 29.5. The molecule has 0 saturated heterocycles. The molecule has 258 valence electrons. The van der Waals surface area contributed by atoms with Crippen LogP contribution < -0.4 is 0 Å². The van der Waals surface area contributed by atoms with E-state index in [9.17, 15) is 9.59 Å². The van der Waals surface area contributed by atoms with Gasteiger partial charge in [-0.3, -0.25) is 4.79 Å². The molecule has 0 amide bonds. The lowest BCUT2D eigenvalue weighted by Crippen LogP contribution is -2.40. The third kappa shape index (κ3) is 8.99. The maximum absolute atomic E-state index is 12.8. The van der Waals surface area contributed by atoms with Gasteiger partial charge in [0.05, 0.1) is 12.0 Å². The van der Waals surface area contributed by atoms with Crippen LogP contribution in [0.3, 0.4) is 0 Å². The standard InChI is InChI=1S/C39H66O6/c1-38(2,28-11-19-32(42-5)20-12-28)30-15-23-34(24-16-30)44-37(41)45-35-25-17-31(18-26-35)39(3,4)29-13-21-33(22-14-29)43-36(40)27-9-7-6-8-10-27/h27-35H,6-26H2,1-5H3. The molecule has 0 atom stereocenters. The Labute approximate surface area is 274 Å². The van der Waals surface area contributed by atoms with Crippen LogP contribution in [0, 0.1) is 40.4 Å². The molecule has 5 aliphatic rings. The van der Waals surface area contributed by atoms with Crippen LogP contribution in [0.25, 0.3) is 0 Å². The summed E-state index contributed by atoms with van der Waals surface area (Å²) in [5, 5.41) is 0. The number of carbonyl (C=O) groups is 2. The lowest BCUT2D eigenvalue weighted by molar-refractivity contribution is -0.157. The Kier molecular flexibility index (Phi) is 12.2. The van der Waals surface area contributed by atoms with Crippen molar-refractivity contribution in [2.24, 2.45) is 40.4 Å². The van der Waals surface area contributed by atoms with Gasteiger partial charge in [-0.05, 0) is 150 Å². The molecule has 0 aromatic heterocycles. The number of ether oxygens (including phenoxy) is 4. The highest BCUT2D eigenvalue weighted by atomic mass is 16.7. The van der Waals surface area contributed by atoms with Crippen molar-refractivity contribution in [3.8, 4) is 0 Å². The normalized spacial score (nSPS) is 35.8. The summed E-state index contributed by atoms with van der Waals surface area (Å²) in [6.07, 6.45) is 23.2. The van der Waals surface area contributed by atoms with Crippen molar-refractivity contribution >= 4 is 12.1 Å². The Morgan fingerprint density at radius 2 is 0.778 bits per heavy atom. The third-order valence-corrected chi connectivity index (χ3v) is 14.0. The van der Waals surface area contributed by atoms with Gasteiger partial charge in [0, 0.05) is 7.11 Å². The summed E-state index contributed by atoms with van der Waals surface area (Å²) in [6, 6.07) is 0. The highest BCUT2D eigenvalue weighted by molar-refractivity contribution is 5.72. The van der Waals surface area contributed by atoms with E-state index in [0.29, 0.717) is 29.3 Å². The monoisotopic (exact) mass is 630 g/mol. The number of esters is 1. The van der Waals surface area contributed by atoms with E-state index in [2.05, 4.69) is 27.7 Å². The molecule has 6 heteroatoms. The summed E-state index contributed by atoms with van der Waals surface area (Å²) in [5.41, 5.74) is 0.580. The Hall–Kier alpha value is -1.30. The van der Waals surface area contributed by atoms with Gasteiger partial charge in [0.15, 0.2) is 0 Å². The van der Waals surface area contributed by atoms with Gasteiger partial charge in [-0.1, -0.05) is 47.0 Å². The highest BCUT2D eigenvalue weighted by Crippen LogP contribution is 2.50. The first-order chi connectivity index (χ1) is 21.6. The summed E-state index contributed by atoms with van der Waals surface area (Å²) in [5.74, 6) is 2.98. The van der Waals surface area contributed by atoms with Gasteiger partial charge in [0.25, 0.3) is 0 Å². The summed E-state index contributed by atoms with van der Waals surface area (Å²) in [6.45, 7) is 9.86. The van der Waals surface area contributed by atoms with Gasteiger partial charge in [-0.25, -0.2) is 4.79 Å². The minimum absolute atomic E-state index is 0.00103. The van der Waals surface area contributed by atoms with Crippen LogP contribution in [0.15, 0.2) is 0 Å². The summed E-state index contributed by atoms with van der Waals surface area (Å²) in [7, 11) is 1.85. The van der Waals surface area contributed by atoms with E-state index < -0.39 is 6.16 Å². The molecule has 5 saturated carbocycles. The van der Waals surface area contributed by atoms with Gasteiger partial charge in [-0.2, -0.15) is 0 Å². The fourth-order valence-electron chi connectivity index (χ4n) is 10.4. The van der Waals surface area contributed by atoms with Gasteiger partial charge >= 0.3 is 12.1 Å². The molecule has 6 nitrogen and oxygen atoms in total. The molecule has 0 spiro atoms. The molecule has 0 unspecified atom stereocenters. The number of hydrogen-bond donors (Lipinski definition) is 0. The summed E-state index contributed by atoms with van der Waals surface area (Å²) in [4.78, 5) is 25.5. The largest absolute Gasteiger partial charge is 0.508 e. The predicted molar refractivity (Wildman–Crippen MR) is 178 cm³/mol. The van der Waals surface area contributed by atoms with Gasteiger partial charge < -0.3 is 18.9 Å². The van der Waals surface area contributed by atoms with E-state index in [-0.39, 0.29) is 35.6 Å². The van der Waals surface area contributed by atoms with Crippen molar-refractivity contribution in [3.63, 3.8) is 0 Å². The zero-order valence-electron chi connectivity index (χ0n) is 29.5. The van der Waals surface area contributed by atoms with Crippen LogP contribution in [0.5, 0.6) is 0 Å². The van der Waals surface area contributed by atoms with Crippen LogP contribution in [-0.2, 0) is 23.7 Å². The fourth-order valence-corrected chi connectivity index (χ4v) is 10.4. The van der Waals surface area contributed by atoms with E-state index in [1.807, 2.05) is 7.11 Å². The molecule has 0 aliphatic heterocycles. The Morgan fingerprint density at radius 3 is 1.13 bits per heavy atom. The van der Waals surface area contributed by atoms with Crippen molar-refractivity contribution in [3.05, 3.63) is 0 Å². The quantitative estimate of drug-likeness (QED) is 0.236. The van der Waals surface area contributed by atoms with E-state index in [4.69, 9.17) is 18.9 Å². The molecule has 0 radical (unpaired) electrons. The molecule has 0 heterocycles. The maximum Gasteiger partial charge on any atom is 0.508 e. The molecular formula is C39H66O6. The van der Waals surface area contributed by atoms with Gasteiger partial charge in [-0.15, -0.1) is 0 Å². The SMILES string of the molecule is COC1CCC(C(C)(C)C2CCC(OC(=O)OC3CCC(C(C)(C)C4CCC(OC(=O)C5CCCCC5)CC4)CC3)CC2)CC1. The smallest absolute Gasteiger partial charge is 0.462 e. The van der Waals surface area contributed by atoms with Crippen LogP contribution in [0.4, 0.5) is 4.79 Å². The minimum Gasteiger partial charge on any atom is -0.462 e. The van der Waals surface area contributed by atoms with E-state index >= 15 is 0 Å². The summed E-state index contributed by atoms with van der Waals surface area (Å²) < 4.78 is 23.4. The first-order valence-corrected chi connectivity index (χ1v) is 19.2. The van der Waals surface area contributed by atoms with Gasteiger partial charge in [0.1, 0.15) is 18.3 Å². The average molecular weight is 631 g/mol. The highest BCUT2D eigenvalue weighted by Gasteiger charge is 2.43. The Morgan fingerprint density at radius 1 is 0.444 bits per heavy atom. The average Bonchev–Trinajstić information content (AvgIpc) is 3.06. The molecule has 5 fully saturated rings. The number of methoxy groups -OCH3 is 1. The second-order valence-corrected chi connectivity index (χ2v) is 17.0. The van der Waals surface area contributed by atoms with Crippen molar-refractivity contribution in [2.45, 2.75) is 187 Å².